The van der Waals surface area contributed by atoms with Gasteiger partial charge in [0, 0.05) is 12.7 Å². The molecule has 2 rings (SSSR count). The third-order valence-electron chi connectivity index (χ3n) is 3.96. The molecule has 1 aromatic heterocycles. The molecule has 0 atom stereocenters. The average Bonchev–Trinajstić information content (AvgIpc) is 2.46. The van der Waals surface area contributed by atoms with Gasteiger partial charge >= 0.3 is 0 Å². The first-order chi connectivity index (χ1) is 9.15. The summed E-state index contributed by atoms with van der Waals surface area (Å²) in [6.07, 6.45) is 6.52. The number of hydrogen-bond acceptors (Lipinski definition) is 5. The second kappa shape index (κ2) is 5.98. The number of nitrogens with zero attached hydrogens (tertiary/aromatic N) is 3. The third kappa shape index (κ3) is 3.65. The van der Waals surface area contributed by atoms with E-state index in [1.54, 1.807) is 12.3 Å². The van der Waals surface area contributed by atoms with Gasteiger partial charge in [0.25, 0.3) is 0 Å². The van der Waals surface area contributed by atoms with Crippen molar-refractivity contribution in [3.63, 3.8) is 0 Å². The van der Waals surface area contributed by atoms with E-state index in [4.69, 9.17) is 5.26 Å². The lowest BCUT2D eigenvalue weighted by Crippen LogP contribution is -2.40. The topological polar surface area (TPSA) is 81.8 Å². The molecule has 102 valence electrons. The predicted molar refractivity (Wildman–Crippen MR) is 72.4 cm³/mol. The molecule has 0 bridgehead atoms. The Balaban J connectivity index is 1.89. The zero-order valence-electron chi connectivity index (χ0n) is 11.3. The van der Waals surface area contributed by atoms with Crippen molar-refractivity contribution in [2.24, 2.45) is 5.92 Å². The maximum Gasteiger partial charge on any atom is 0.223 e. The van der Waals surface area contributed by atoms with Crippen molar-refractivity contribution in [2.45, 2.75) is 44.6 Å². The first-order valence-electron chi connectivity index (χ1n) is 6.84. The smallest absolute Gasteiger partial charge is 0.223 e. The highest BCUT2D eigenvalue weighted by Crippen LogP contribution is 2.33. The summed E-state index contributed by atoms with van der Waals surface area (Å²) in [7, 11) is 0. The van der Waals surface area contributed by atoms with Crippen LogP contribution in [-0.4, -0.2) is 27.2 Å². The normalized spacial score (nSPS) is 26.7. The van der Waals surface area contributed by atoms with Crippen LogP contribution in [0.15, 0.2) is 12.3 Å². The summed E-state index contributed by atoms with van der Waals surface area (Å²) < 4.78 is 0. The molecule has 1 aliphatic rings. The Labute approximate surface area is 113 Å². The standard InChI is InChI=1S/C14H20N4O/c1-2-11-3-6-14(19,7-4-11)10-17-13-16-8-5-12(9-15)18-13/h5,8,11,19H,2-4,6-7,10H2,1H3,(H,16,17,18). The first kappa shape index (κ1) is 13.8. The fourth-order valence-electron chi connectivity index (χ4n) is 2.55. The zero-order chi connectivity index (χ0) is 13.7. The molecule has 1 heterocycles. The minimum absolute atomic E-state index is 0.333. The summed E-state index contributed by atoms with van der Waals surface area (Å²) in [6, 6.07) is 3.54. The largest absolute Gasteiger partial charge is 0.388 e. The van der Waals surface area contributed by atoms with E-state index in [2.05, 4.69) is 22.2 Å². The second-order valence-corrected chi connectivity index (χ2v) is 5.31. The number of rotatable bonds is 4. The van der Waals surface area contributed by atoms with Crippen molar-refractivity contribution >= 4 is 5.95 Å². The number of anilines is 1. The van der Waals surface area contributed by atoms with Gasteiger partial charge in [0.2, 0.25) is 5.95 Å². The molecule has 19 heavy (non-hydrogen) atoms. The molecular weight excluding hydrogens is 240 g/mol. The monoisotopic (exact) mass is 260 g/mol. The molecule has 1 aliphatic carbocycles. The molecule has 0 aliphatic heterocycles. The van der Waals surface area contributed by atoms with Crippen molar-refractivity contribution in [1.29, 1.82) is 5.26 Å². The maximum absolute atomic E-state index is 10.5. The lowest BCUT2D eigenvalue weighted by Gasteiger charge is -2.35. The van der Waals surface area contributed by atoms with E-state index in [0.29, 0.717) is 18.2 Å². The van der Waals surface area contributed by atoms with Gasteiger partial charge in [-0.05, 0) is 37.7 Å². The Kier molecular flexibility index (Phi) is 4.33. The highest BCUT2D eigenvalue weighted by molar-refractivity contribution is 5.30. The molecule has 0 spiro atoms. The number of nitrogens with one attached hydrogen (secondary N) is 1. The Bertz CT molecular complexity index is 461. The molecule has 0 saturated heterocycles. The average molecular weight is 260 g/mol. The minimum atomic E-state index is -0.669. The first-order valence-corrected chi connectivity index (χ1v) is 6.84. The van der Waals surface area contributed by atoms with Crippen LogP contribution in [-0.2, 0) is 0 Å². The molecule has 0 radical (unpaired) electrons. The summed E-state index contributed by atoms with van der Waals surface area (Å²) >= 11 is 0. The van der Waals surface area contributed by atoms with Crippen LogP contribution in [0.5, 0.6) is 0 Å². The Morgan fingerprint density at radius 2 is 2.26 bits per heavy atom. The van der Waals surface area contributed by atoms with Crippen LogP contribution in [0.3, 0.4) is 0 Å². The molecule has 1 fully saturated rings. The van der Waals surface area contributed by atoms with Crippen molar-refractivity contribution in [3.05, 3.63) is 18.0 Å². The fraction of sp³-hybridized carbons (Fsp3) is 0.643. The van der Waals surface area contributed by atoms with Crippen molar-refractivity contribution in [1.82, 2.24) is 9.97 Å². The van der Waals surface area contributed by atoms with Gasteiger partial charge in [-0.3, -0.25) is 0 Å². The van der Waals surface area contributed by atoms with Crippen LogP contribution in [0, 0.1) is 17.2 Å². The van der Waals surface area contributed by atoms with E-state index in [1.807, 2.05) is 6.07 Å². The summed E-state index contributed by atoms with van der Waals surface area (Å²) in [4.78, 5) is 8.09. The Morgan fingerprint density at radius 3 is 2.89 bits per heavy atom. The lowest BCUT2D eigenvalue weighted by atomic mass is 9.78. The van der Waals surface area contributed by atoms with E-state index in [0.717, 1.165) is 31.6 Å². The number of aromatic nitrogens is 2. The summed E-state index contributed by atoms with van der Waals surface area (Å²) in [5.74, 6) is 1.16. The second-order valence-electron chi connectivity index (χ2n) is 5.31. The van der Waals surface area contributed by atoms with E-state index in [9.17, 15) is 5.11 Å². The Morgan fingerprint density at radius 1 is 1.53 bits per heavy atom. The lowest BCUT2D eigenvalue weighted by molar-refractivity contribution is 0.00216. The van der Waals surface area contributed by atoms with Gasteiger partial charge in [-0.15, -0.1) is 0 Å². The van der Waals surface area contributed by atoms with Gasteiger partial charge in [0.05, 0.1) is 5.60 Å². The quantitative estimate of drug-likeness (QED) is 0.866. The summed E-state index contributed by atoms with van der Waals surface area (Å²) in [5.41, 5.74) is -0.336. The van der Waals surface area contributed by atoms with Crippen molar-refractivity contribution in [2.75, 3.05) is 11.9 Å². The van der Waals surface area contributed by atoms with E-state index < -0.39 is 5.60 Å². The van der Waals surface area contributed by atoms with Crippen LogP contribution in [0.2, 0.25) is 0 Å². The maximum atomic E-state index is 10.5. The van der Waals surface area contributed by atoms with E-state index in [1.165, 1.54) is 6.42 Å². The van der Waals surface area contributed by atoms with Gasteiger partial charge in [-0.2, -0.15) is 5.26 Å². The van der Waals surface area contributed by atoms with Crippen LogP contribution >= 0.6 is 0 Å². The number of nitriles is 1. The summed E-state index contributed by atoms with van der Waals surface area (Å²) in [5, 5.41) is 22.3. The van der Waals surface area contributed by atoms with Crippen LogP contribution in [0.4, 0.5) is 5.95 Å². The highest BCUT2D eigenvalue weighted by Gasteiger charge is 2.32. The molecule has 0 amide bonds. The van der Waals surface area contributed by atoms with Crippen LogP contribution in [0.25, 0.3) is 0 Å². The van der Waals surface area contributed by atoms with Gasteiger partial charge in [0.1, 0.15) is 11.8 Å². The van der Waals surface area contributed by atoms with Gasteiger partial charge in [-0.25, -0.2) is 9.97 Å². The molecule has 5 heteroatoms. The summed E-state index contributed by atoms with van der Waals surface area (Å²) in [6.45, 7) is 2.65. The highest BCUT2D eigenvalue weighted by atomic mass is 16.3. The van der Waals surface area contributed by atoms with Gasteiger partial charge in [-0.1, -0.05) is 13.3 Å². The zero-order valence-corrected chi connectivity index (χ0v) is 11.3. The fourth-order valence-corrected chi connectivity index (χ4v) is 2.55. The van der Waals surface area contributed by atoms with E-state index >= 15 is 0 Å². The van der Waals surface area contributed by atoms with Crippen molar-refractivity contribution in [3.8, 4) is 6.07 Å². The number of hydrogen-bond donors (Lipinski definition) is 2. The molecule has 1 saturated carbocycles. The molecule has 0 unspecified atom stereocenters. The van der Waals surface area contributed by atoms with Gasteiger partial charge in [0.15, 0.2) is 0 Å². The van der Waals surface area contributed by atoms with Gasteiger partial charge < -0.3 is 10.4 Å². The third-order valence-corrected chi connectivity index (χ3v) is 3.96. The van der Waals surface area contributed by atoms with Crippen LogP contribution in [0.1, 0.15) is 44.7 Å². The van der Waals surface area contributed by atoms with Crippen molar-refractivity contribution < 1.29 is 5.11 Å². The molecule has 2 N–H and O–H groups in total. The minimum Gasteiger partial charge on any atom is -0.388 e. The Hall–Kier alpha value is -1.67. The number of aliphatic hydroxyl groups is 1. The molecule has 0 aromatic carbocycles. The molecular formula is C14H20N4O. The van der Waals surface area contributed by atoms with E-state index in [-0.39, 0.29) is 0 Å². The predicted octanol–water partition coefficient (Wildman–Crippen LogP) is 2.09. The molecule has 1 aromatic rings. The van der Waals surface area contributed by atoms with Crippen LogP contribution < -0.4 is 5.32 Å². The molecule has 5 nitrogen and oxygen atoms in total. The SMILES string of the molecule is CCC1CCC(O)(CNc2nccc(C#N)n2)CC1.